The molecule has 1 N–H and O–H groups in total. The van der Waals surface area contributed by atoms with Crippen LogP contribution in [0.3, 0.4) is 0 Å². The lowest BCUT2D eigenvalue weighted by atomic mass is 10.1. The summed E-state index contributed by atoms with van der Waals surface area (Å²) in [6.07, 6.45) is 2.31. The molecule has 1 aromatic rings. The Kier molecular flexibility index (Phi) is 3.30. The highest BCUT2D eigenvalue weighted by Crippen LogP contribution is 2.29. The second kappa shape index (κ2) is 4.52. The first kappa shape index (κ1) is 10.9. The molecule has 1 saturated carbocycles. The van der Waals surface area contributed by atoms with Gasteiger partial charge >= 0.3 is 0 Å². The summed E-state index contributed by atoms with van der Waals surface area (Å²) in [4.78, 5) is 0. The molecule has 0 saturated heterocycles. The van der Waals surface area contributed by atoms with Gasteiger partial charge < -0.3 is 0 Å². The van der Waals surface area contributed by atoms with Crippen LogP contribution in [0.15, 0.2) is 22.7 Å². The third-order valence-electron chi connectivity index (χ3n) is 2.38. The van der Waals surface area contributed by atoms with Gasteiger partial charge in [-0.2, -0.15) is 5.26 Å². The molecule has 0 aromatic heterocycles. The molecule has 1 fully saturated rings. The monoisotopic (exact) mass is 284 g/mol. The first-order valence-electron chi connectivity index (χ1n) is 4.81. The molecule has 1 aliphatic carbocycles. The maximum Gasteiger partial charge on any atom is 0.123 e. The Balaban J connectivity index is 2.24. The van der Waals surface area contributed by atoms with E-state index in [1.165, 1.54) is 0 Å². The molecule has 0 bridgehead atoms. The topological polar surface area (TPSA) is 35.8 Å². The Hall–Kier alpha value is -0.560. The van der Waals surface area contributed by atoms with Crippen molar-refractivity contribution in [2.24, 2.45) is 0 Å². The van der Waals surface area contributed by atoms with Gasteiger partial charge in [0.25, 0.3) is 0 Å². The minimum absolute atomic E-state index is 0.303. The molecule has 15 heavy (non-hydrogen) atoms. The van der Waals surface area contributed by atoms with E-state index >= 15 is 0 Å². The van der Waals surface area contributed by atoms with Crippen LogP contribution in [0.1, 0.15) is 24.4 Å². The second-order valence-corrected chi connectivity index (χ2v) is 4.99. The lowest BCUT2D eigenvalue weighted by molar-refractivity contribution is 0.626. The van der Waals surface area contributed by atoms with Gasteiger partial charge in [-0.1, -0.05) is 27.5 Å². The van der Waals surface area contributed by atoms with Crippen molar-refractivity contribution in [2.45, 2.75) is 24.9 Å². The predicted octanol–water partition coefficient (Wildman–Crippen LogP) is 3.42. The van der Waals surface area contributed by atoms with Crippen LogP contribution in [0.25, 0.3) is 0 Å². The highest BCUT2D eigenvalue weighted by molar-refractivity contribution is 9.10. The van der Waals surface area contributed by atoms with Crippen molar-refractivity contribution in [1.29, 1.82) is 5.26 Å². The van der Waals surface area contributed by atoms with Crippen molar-refractivity contribution in [3.05, 3.63) is 33.3 Å². The number of benzene rings is 1. The van der Waals surface area contributed by atoms with E-state index < -0.39 is 0 Å². The molecule has 4 heteroatoms. The first-order valence-corrected chi connectivity index (χ1v) is 5.98. The molecular formula is C11H10BrClN2. The molecule has 0 spiro atoms. The maximum absolute atomic E-state index is 9.09. The fourth-order valence-corrected chi connectivity index (χ4v) is 2.02. The van der Waals surface area contributed by atoms with Crippen molar-refractivity contribution in [1.82, 2.24) is 5.32 Å². The lowest BCUT2D eigenvalue weighted by Crippen LogP contribution is -2.22. The van der Waals surface area contributed by atoms with E-state index in [-0.39, 0.29) is 6.04 Å². The summed E-state index contributed by atoms with van der Waals surface area (Å²) >= 11 is 9.44. The quantitative estimate of drug-likeness (QED) is 0.923. The van der Waals surface area contributed by atoms with Crippen LogP contribution < -0.4 is 5.32 Å². The summed E-state index contributed by atoms with van der Waals surface area (Å²) in [5, 5.41) is 13.0. The van der Waals surface area contributed by atoms with Gasteiger partial charge in [0.05, 0.1) is 6.07 Å². The Morgan fingerprint density at radius 2 is 2.27 bits per heavy atom. The first-order chi connectivity index (χ1) is 7.20. The van der Waals surface area contributed by atoms with E-state index in [4.69, 9.17) is 16.9 Å². The van der Waals surface area contributed by atoms with Crippen LogP contribution in [0, 0.1) is 11.3 Å². The summed E-state index contributed by atoms with van der Waals surface area (Å²) in [6.45, 7) is 0. The average molecular weight is 286 g/mol. The Labute approximate surface area is 102 Å². The molecule has 0 amide bonds. The molecule has 0 aliphatic heterocycles. The normalized spacial score (nSPS) is 17.1. The number of rotatable bonds is 3. The zero-order chi connectivity index (χ0) is 10.8. The van der Waals surface area contributed by atoms with Gasteiger partial charge in [-0.3, -0.25) is 5.32 Å². The molecule has 1 aliphatic rings. The summed E-state index contributed by atoms with van der Waals surface area (Å²) in [7, 11) is 0. The van der Waals surface area contributed by atoms with Gasteiger partial charge in [0.2, 0.25) is 0 Å². The van der Waals surface area contributed by atoms with Gasteiger partial charge in [-0.15, -0.1) is 0 Å². The van der Waals surface area contributed by atoms with Crippen LogP contribution in [0.4, 0.5) is 0 Å². The van der Waals surface area contributed by atoms with E-state index in [0.29, 0.717) is 11.1 Å². The summed E-state index contributed by atoms with van der Waals surface area (Å²) in [6, 6.07) is 8.00. The molecule has 1 atom stereocenters. The Bertz CT molecular complexity index is 410. The van der Waals surface area contributed by atoms with Crippen LogP contribution >= 0.6 is 27.5 Å². The molecule has 1 aromatic carbocycles. The molecule has 2 rings (SSSR count). The van der Waals surface area contributed by atoms with E-state index in [1.807, 2.05) is 12.1 Å². The smallest absolute Gasteiger partial charge is 0.123 e. The zero-order valence-corrected chi connectivity index (χ0v) is 10.3. The Morgan fingerprint density at radius 3 is 2.87 bits per heavy atom. The summed E-state index contributed by atoms with van der Waals surface area (Å²) in [5.74, 6) is 0. The van der Waals surface area contributed by atoms with Crippen LogP contribution in [-0.4, -0.2) is 6.04 Å². The molecular weight excluding hydrogens is 275 g/mol. The number of halogens is 2. The molecule has 78 valence electrons. The van der Waals surface area contributed by atoms with E-state index in [0.717, 1.165) is 22.9 Å². The second-order valence-electron chi connectivity index (χ2n) is 3.67. The van der Waals surface area contributed by atoms with Crippen molar-refractivity contribution >= 4 is 27.5 Å². The molecule has 0 radical (unpaired) electrons. The lowest BCUT2D eigenvalue weighted by Gasteiger charge is -2.12. The van der Waals surface area contributed by atoms with Crippen molar-refractivity contribution < 1.29 is 0 Å². The average Bonchev–Trinajstić information content (AvgIpc) is 3.02. The van der Waals surface area contributed by atoms with Crippen LogP contribution in [0.2, 0.25) is 5.02 Å². The number of nitrogens with one attached hydrogen (secondary N) is 1. The zero-order valence-electron chi connectivity index (χ0n) is 8.00. The summed E-state index contributed by atoms with van der Waals surface area (Å²) < 4.78 is 0.944. The summed E-state index contributed by atoms with van der Waals surface area (Å²) in [5.41, 5.74) is 0.848. The van der Waals surface area contributed by atoms with Gasteiger partial charge in [-0.05, 0) is 31.0 Å². The van der Waals surface area contributed by atoms with Crippen LogP contribution in [0.5, 0.6) is 0 Å². The standard InChI is InChI=1S/C11H10BrClN2/c12-7-1-4-10(13)9(5-7)11(6-14)15-8-2-3-8/h1,4-5,8,11,15H,2-3H2. The molecule has 1 unspecified atom stereocenters. The number of nitrogens with zero attached hydrogens (tertiary/aromatic N) is 1. The largest absolute Gasteiger partial charge is 0.295 e. The third-order valence-corrected chi connectivity index (χ3v) is 3.22. The molecule has 0 heterocycles. The van der Waals surface area contributed by atoms with Crippen molar-refractivity contribution in [2.75, 3.05) is 0 Å². The van der Waals surface area contributed by atoms with Gasteiger partial charge in [-0.25, -0.2) is 0 Å². The van der Waals surface area contributed by atoms with E-state index in [9.17, 15) is 0 Å². The minimum Gasteiger partial charge on any atom is -0.295 e. The van der Waals surface area contributed by atoms with Crippen molar-refractivity contribution in [3.8, 4) is 6.07 Å². The predicted molar refractivity (Wildman–Crippen MR) is 63.7 cm³/mol. The highest BCUT2D eigenvalue weighted by atomic mass is 79.9. The van der Waals surface area contributed by atoms with E-state index in [1.54, 1.807) is 6.07 Å². The number of hydrogen-bond donors (Lipinski definition) is 1. The number of hydrogen-bond acceptors (Lipinski definition) is 2. The van der Waals surface area contributed by atoms with E-state index in [2.05, 4.69) is 27.3 Å². The van der Waals surface area contributed by atoms with Crippen molar-refractivity contribution in [3.63, 3.8) is 0 Å². The highest BCUT2D eigenvalue weighted by Gasteiger charge is 2.26. The van der Waals surface area contributed by atoms with Crippen LogP contribution in [-0.2, 0) is 0 Å². The molecule has 2 nitrogen and oxygen atoms in total. The SMILES string of the molecule is N#CC(NC1CC1)c1cc(Br)ccc1Cl. The fraction of sp³-hybridized carbons (Fsp3) is 0.364. The fourth-order valence-electron chi connectivity index (χ4n) is 1.42. The number of nitriles is 1. The van der Waals surface area contributed by atoms with Gasteiger partial charge in [0.15, 0.2) is 0 Å². The third kappa shape index (κ3) is 2.72. The Morgan fingerprint density at radius 1 is 1.53 bits per heavy atom. The van der Waals surface area contributed by atoms with Gasteiger partial charge in [0, 0.05) is 21.1 Å². The maximum atomic E-state index is 9.09. The van der Waals surface area contributed by atoms with Gasteiger partial charge in [0.1, 0.15) is 6.04 Å². The minimum atomic E-state index is -0.303.